The van der Waals surface area contributed by atoms with Gasteiger partial charge in [-0.1, -0.05) is 29.8 Å². The molecule has 0 aliphatic carbocycles. The summed E-state index contributed by atoms with van der Waals surface area (Å²) in [4.78, 5) is 6.82. The molecule has 1 aliphatic heterocycles. The highest BCUT2D eigenvalue weighted by molar-refractivity contribution is 7.98. The molecule has 1 aromatic rings. The zero-order chi connectivity index (χ0) is 17.2. The third-order valence-corrected chi connectivity index (χ3v) is 4.85. The van der Waals surface area contributed by atoms with Crippen molar-refractivity contribution < 1.29 is 4.74 Å². The Morgan fingerprint density at radius 2 is 1.96 bits per heavy atom. The van der Waals surface area contributed by atoms with Crippen LogP contribution in [0.4, 0.5) is 0 Å². The van der Waals surface area contributed by atoms with Crippen LogP contribution in [0.25, 0.3) is 0 Å². The van der Waals surface area contributed by atoms with Crippen molar-refractivity contribution in [2.24, 2.45) is 4.99 Å². The fourth-order valence-corrected chi connectivity index (χ4v) is 3.13. The molecule has 1 saturated heterocycles. The second kappa shape index (κ2) is 10.6. The van der Waals surface area contributed by atoms with E-state index in [1.807, 2.05) is 18.8 Å². The maximum Gasteiger partial charge on any atom is 0.191 e. The van der Waals surface area contributed by atoms with Crippen molar-refractivity contribution >= 4 is 17.7 Å². The number of hydrogen-bond donors (Lipinski definition) is 2. The summed E-state index contributed by atoms with van der Waals surface area (Å²) in [5.41, 5.74) is 2.64. The number of aryl methyl sites for hydroxylation is 1. The van der Waals surface area contributed by atoms with E-state index < -0.39 is 0 Å². The molecule has 1 aromatic carbocycles. The van der Waals surface area contributed by atoms with Gasteiger partial charge >= 0.3 is 0 Å². The number of benzene rings is 1. The molecule has 1 heterocycles. The Hall–Kier alpha value is -1.24. The Bertz CT molecular complexity index is 500. The third kappa shape index (κ3) is 6.00. The Balaban J connectivity index is 2.01. The number of aliphatic imine (C=N–C) groups is 1. The molecule has 1 atom stereocenters. The van der Waals surface area contributed by atoms with E-state index >= 15 is 0 Å². The molecule has 2 N–H and O–H groups in total. The van der Waals surface area contributed by atoms with Crippen LogP contribution in [0.15, 0.2) is 29.3 Å². The van der Waals surface area contributed by atoms with E-state index in [4.69, 9.17) is 4.74 Å². The van der Waals surface area contributed by atoms with Gasteiger partial charge in [-0.05, 0) is 18.7 Å². The van der Waals surface area contributed by atoms with E-state index in [2.05, 4.69) is 58.0 Å². The van der Waals surface area contributed by atoms with Gasteiger partial charge in [0, 0.05) is 39.0 Å². The Labute approximate surface area is 150 Å². The molecule has 6 heteroatoms. The summed E-state index contributed by atoms with van der Waals surface area (Å²) in [6, 6.07) is 9.18. The standard InChI is InChI=1S/C18H30N4OS/c1-15-4-6-16(7-5-15)17(22-9-11-23-12-10-22)14-21-18(19-2)20-8-13-24-3/h4-7,17H,8-14H2,1-3H3,(H2,19,20,21). The first-order valence-corrected chi connectivity index (χ1v) is 9.95. The van der Waals surface area contributed by atoms with Crippen molar-refractivity contribution in [2.75, 3.05) is 58.4 Å². The third-order valence-electron chi connectivity index (χ3n) is 4.23. The van der Waals surface area contributed by atoms with E-state index in [1.54, 1.807) is 0 Å². The molecule has 0 saturated carbocycles. The van der Waals surface area contributed by atoms with Gasteiger partial charge in [0.25, 0.3) is 0 Å². The van der Waals surface area contributed by atoms with E-state index in [0.717, 1.165) is 51.1 Å². The van der Waals surface area contributed by atoms with Gasteiger partial charge in [-0.2, -0.15) is 11.8 Å². The van der Waals surface area contributed by atoms with Gasteiger partial charge in [0.05, 0.1) is 19.3 Å². The average molecular weight is 351 g/mol. The molecular formula is C18H30N4OS. The van der Waals surface area contributed by atoms with Crippen molar-refractivity contribution in [3.8, 4) is 0 Å². The smallest absolute Gasteiger partial charge is 0.191 e. The summed E-state index contributed by atoms with van der Waals surface area (Å²) >= 11 is 1.83. The number of nitrogens with one attached hydrogen (secondary N) is 2. The van der Waals surface area contributed by atoms with E-state index in [1.165, 1.54) is 11.1 Å². The van der Waals surface area contributed by atoms with Gasteiger partial charge in [0.15, 0.2) is 5.96 Å². The van der Waals surface area contributed by atoms with Gasteiger partial charge in [0.1, 0.15) is 0 Å². The molecule has 1 unspecified atom stereocenters. The van der Waals surface area contributed by atoms with Gasteiger partial charge in [-0.25, -0.2) is 0 Å². The van der Waals surface area contributed by atoms with Gasteiger partial charge in [0.2, 0.25) is 0 Å². The molecule has 0 spiro atoms. The SMILES string of the molecule is CN=C(NCCSC)NCC(c1ccc(C)cc1)N1CCOCC1. The van der Waals surface area contributed by atoms with Crippen molar-refractivity contribution in [1.82, 2.24) is 15.5 Å². The van der Waals surface area contributed by atoms with Gasteiger partial charge in [-0.15, -0.1) is 0 Å². The van der Waals surface area contributed by atoms with E-state index in [0.29, 0.717) is 6.04 Å². The Morgan fingerprint density at radius 1 is 1.25 bits per heavy atom. The lowest BCUT2D eigenvalue weighted by molar-refractivity contribution is 0.0170. The molecule has 1 fully saturated rings. The molecule has 1 aliphatic rings. The number of rotatable bonds is 7. The molecular weight excluding hydrogens is 320 g/mol. The molecule has 2 rings (SSSR count). The van der Waals surface area contributed by atoms with Crippen LogP contribution >= 0.6 is 11.8 Å². The Kier molecular flexibility index (Phi) is 8.42. The van der Waals surface area contributed by atoms with Crippen LogP contribution in [-0.4, -0.2) is 69.3 Å². The zero-order valence-corrected chi connectivity index (χ0v) is 15.9. The fraction of sp³-hybridized carbons (Fsp3) is 0.611. The minimum atomic E-state index is 0.327. The molecule has 0 aromatic heterocycles. The summed E-state index contributed by atoms with van der Waals surface area (Å²) in [6.45, 7) is 7.45. The summed E-state index contributed by atoms with van der Waals surface area (Å²) in [6.07, 6.45) is 2.11. The quantitative estimate of drug-likeness (QED) is 0.447. The number of ether oxygens (including phenoxy) is 1. The number of guanidine groups is 1. The molecule has 0 radical (unpaired) electrons. The van der Waals surface area contributed by atoms with Crippen LogP contribution < -0.4 is 10.6 Å². The molecule has 0 amide bonds. The van der Waals surface area contributed by atoms with Crippen LogP contribution in [0.5, 0.6) is 0 Å². The highest BCUT2D eigenvalue weighted by Gasteiger charge is 2.22. The average Bonchev–Trinajstić information content (AvgIpc) is 2.63. The Morgan fingerprint density at radius 3 is 2.58 bits per heavy atom. The van der Waals surface area contributed by atoms with Crippen LogP contribution in [0.1, 0.15) is 17.2 Å². The van der Waals surface area contributed by atoms with Crippen LogP contribution in [-0.2, 0) is 4.74 Å². The van der Waals surface area contributed by atoms with Crippen LogP contribution in [0, 0.1) is 6.92 Å². The zero-order valence-electron chi connectivity index (χ0n) is 15.0. The first kappa shape index (κ1) is 19.1. The van der Waals surface area contributed by atoms with E-state index in [-0.39, 0.29) is 0 Å². The lowest BCUT2D eigenvalue weighted by Crippen LogP contribution is -2.46. The molecule has 134 valence electrons. The van der Waals surface area contributed by atoms with Crippen LogP contribution in [0.2, 0.25) is 0 Å². The monoisotopic (exact) mass is 350 g/mol. The number of morpholine rings is 1. The highest BCUT2D eigenvalue weighted by Crippen LogP contribution is 2.21. The molecule has 0 bridgehead atoms. The lowest BCUT2D eigenvalue weighted by Gasteiger charge is -2.35. The number of nitrogens with zero attached hydrogens (tertiary/aromatic N) is 2. The minimum absolute atomic E-state index is 0.327. The van der Waals surface area contributed by atoms with Crippen molar-refractivity contribution in [3.63, 3.8) is 0 Å². The highest BCUT2D eigenvalue weighted by atomic mass is 32.2. The summed E-state index contributed by atoms with van der Waals surface area (Å²) in [5, 5.41) is 6.85. The number of hydrogen-bond acceptors (Lipinski definition) is 4. The predicted molar refractivity (Wildman–Crippen MR) is 104 cm³/mol. The normalized spacial score (nSPS) is 17.5. The predicted octanol–water partition coefficient (Wildman–Crippen LogP) is 1.90. The minimum Gasteiger partial charge on any atom is -0.379 e. The first-order chi connectivity index (χ1) is 11.7. The molecule has 24 heavy (non-hydrogen) atoms. The maximum atomic E-state index is 5.52. The van der Waals surface area contributed by atoms with Crippen molar-refractivity contribution in [1.29, 1.82) is 0 Å². The summed E-state index contributed by atoms with van der Waals surface area (Å²) in [5.74, 6) is 1.94. The van der Waals surface area contributed by atoms with Gasteiger partial charge < -0.3 is 15.4 Å². The maximum absolute atomic E-state index is 5.52. The van der Waals surface area contributed by atoms with Crippen molar-refractivity contribution in [2.45, 2.75) is 13.0 Å². The first-order valence-electron chi connectivity index (χ1n) is 8.56. The second-order valence-electron chi connectivity index (χ2n) is 5.95. The summed E-state index contributed by atoms with van der Waals surface area (Å²) < 4.78 is 5.52. The lowest BCUT2D eigenvalue weighted by atomic mass is 10.0. The van der Waals surface area contributed by atoms with Gasteiger partial charge in [-0.3, -0.25) is 9.89 Å². The summed E-state index contributed by atoms with van der Waals surface area (Å²) in [7, 11) is 1.82. The van der Waals surface area contributed by atoms with E-state index in [9.17, 15) is 0 Å². The van der Waals surface area contributed by atoms with Crippen LogP contribution in [0.3, 0.4) is 0 Å². The second-order valence-corrected chi connectivity index (χ2v) is 6.93. The fourth-order valence-electron chi connectivity index (χ4n) is 2.82. The molecule has 5 nitrogen and oxygen atoms in total. The topological polar surface area (TPSA) is 48.9 Å². The van der Waals surface area contributed by atoms with Crippen molar-refractivity contribution in [3.05, 3.63) is 35.4 Å². The largest absolute Gasteiger partial charge is 0.379 e. The number of thioether (sulfide) groups is 1.